The van der Waals surface area contributed by atoms with Crippen LogP contribution in [0.15, 0.2) is 47.5 Å². The fourth-order valence-corrected chi connectivity index (χ4v) is 2.33. The van der Waals surface area contributed by atoms with Crippen LogP contribution in [-0.4, -0.2) is 24.8 Å². The Morgan fingerprint density at radius 3 is 2.48 bits per heavy atom. The van der Waals surface area contributed by atoms with Gasteiger partial charge in [-0.3, -0.25) is 14.3 Å². The van der Waals surface area contributed by atoms with Crippen molar-refractivity contribution in [2.45, 2.75) is 6.92 Å². The summed E-state index contributed by atoms with van der Waals surface area (Å²) in [5, 5.41) is 7.54. The van der Waals surface area contributed by atoms with E-state index in [1.54, 1.807) is 17.9 Å². The fraction of sp³-hybridized carbons (Fsp3) is 0.125. The molecule has 2 aromatic heterocycles. The minimum atomic E-state index is -0.816. The van der Waals surface area contributed by atoms with E-state index < -0.39 is 10.8 Å². The smallest absolute Gasteiger partial charge is 0.275 e. The highest BCUT2D eigenvalue weighted by atomic mass is 35.5. The van der Waals surface area contributed by atoms with Crippen molar-refractivity contribution in [3.63, 3.8) is 0 Å². The van der Waals surface area contributed by atoms with E-state index in [0.717, 1.165) is 15.8 Å². The summed E-state index contributed by atoms with van der Waals surface area (Å²) in [7, 11) is 1.73. The first kappa shape index (κ1) is 15.2. The minimum absolute atomic E-state index is 0.124. The van der Waals surface area contributed by atoms with E-state index in [9.17, 15) is 9.59 Å². The lowest BCUT2D eigenvalue weighted by Crippen LogP contribution is -2.26. The molecule has 0 spiro atoms. The largest absolute Gasteiger partial charge is 0.283 e. The van der Waals surface area contributed by atoms with E-state index in [2.05, 4.69) is 10.2 Å². The first-order chi connectivity index (χ1) is 11.0. The first-order valence-electron chi connectivity index (χ1n) is 6.86. The van der Waals surface area contributed by atoms with Gasteiger partial charge in [0, 0.05) is 12.6 Å². The molecule has 0 saturated carbocycles. The molecule has 0 saturated heterocycles. The van der Waals surface area contributed by atoms with Crippen LogP contribution in [0.2, 0.25) is 0 Å². The molecule has 0 atom stereocenters. The fourth-order valence-electron chi connectivity index (χ4n) is 2.19. The Morgan fingerprint density at radius 1 is 1.22 bits per heavy atom. The number of nitrogens with zero attached hydrogens (tertiary/aromatic N) is 4. The maximum Gasteiger partial charge on any atom is 0.283 e. The van der Waals surface area contributed by atoms with Gasteiger partial charge in [0.25, 0.3) is 10.8 Å². The third-order valence-corrected chi connectivity index (χ3v) is 3.61. The number of halogens is 1. The highest BCUT2D eigenvalue weighted by Crippen LogP contribution is 2.18. The molecule has 0 fully saturated rings. The Morgan fingerprint density at radius 2 is 1.91 bits per heavy atom. The zero-order chi connectivity index (χ0) is 16.6. The number of carbonyl (C=O) groups is 1. The van der Waals surface area contributed by atoms with Crippen molar-refractivity contribution in [3.05, 3.63) is 64.2 Å². The lowest BCUT2D eigenvalue weighted by Gasteiger charge is -2.08. The summed E-state index contributed by atoms with van der Waals surface area (Å²) in [5.41, 5.74) is 2.13. The van der Waals surface area contributed by atoms with Gasteiger partial charge in [-0.2, -0.15) is 14.9 Å². The zero-order valence-electron chi connectivity index (χ0n) is 12.5. The molecule has 6 nitrogen and oxygen atoms in total. The molecule has 1 aromatic carbocycles. The predicted octanol–water partition coefficient (Wildman–Crippen LogP) is 2.32. The van der Waals surface area contributed by atoms with Crippen LogP contribution in [0.25, 0.3) is 16.9 Å². The van der Waals surface area contributed by atoms with Crippen LogP contribution in [0.3, 0.4) is 0 Å². The van der Waals surface area contributed by atoms with Gasteiger partial charge in [0.15, 0.2) is 0 Å². The number of carbonyl (C=O) groups excluding carboxylic acids is 1. The highest BCUT2D eigenvalue weighted by molar-refractivity contribution is 6.67. The van der Waals surface area contributed by atoms with Crippen LogP contribution >= 0.6 is 11.6 Å². The van der Waals surface area contributed by atoms with Gasteiger partial charge in [-0.15, -0.1) is 0 Å². The normalized spacial score (nSPS) is 10.7. The number of hydrogen-bond donors (Lipinski definition) is 0. The molecule has 3 aromatic rings. The van der Waals surface area contributed by atoms with E-state index in [-0.39, 0.29) is 5.56 Å². The summed E-state index contributed by atoms with van der Waals surface area (Å²) < 4.78 is 2.68. The molecule has 0 bridgehead atoms. The molecular weight excluding hydrogens is 316 g/mol. The topological polar surface area (TPSA) is 69.8 Å². The number of aryl methyl sites for hydroxylation is 2. The number of hydrogen-bond acceptors (Lipinski definition) is 4. The van der Waals surface area contributed by atoms with Crippen molar-refractivity contribution in [2.24, 2.45) is 7.05 Å². The van der Waals surface area contributed by atoms with Gasteiger partial charge in [-0.25, -0.2) is 0 Å². The van der Waals surface area contributed by atoms with Gasteiger partial charge in [0.1, 0.15) is 11.3 Å². The third-order valence-electron chi connectivity index (χ3n) is 3.41. The van der Waals surface area contributed by atoms with Gasteiger partial charge < -0.3 is 0 Å². The Labute approximate surface area is 136 Å². The van der Waals surface area contributed by atoms with Crippen molar-refractivity contribution in [2.75, 3.05) is 0 Å². The highest BCUT2D eigenvalue weighted by Gasteiger charge is 2.16. The Bertz CT molecular complexity index is 941. The van der Waals surface area contributed by atoms with Gasteiger partial charge in [-0.1, -0.05) is 29.8 Å². The van der Waals surface area contributed by atoms with Crippen LogP contribution in [0.1, 0.15) is 15.9 Å². The second-order valence-electron chi connectivity index (χ2n) is 5.17. The first-order valence-corrected chi connectivity index (χ1v) is 7.24. The molecule has 0 aliphatic rings. The average molecular weight is 329 g/mol. The van der Waals surface area contributed by atoms with Crippen molar-refractivity contribution in [1.82, 2.24) is 19.6 Å². The van der Waals surface area contributed by atoms with Crippen LogP contribution in [0.5, 0.6) is 0 Å². The second-order valence-corrected chi connectivity index (χ2v) is 5.52. The summed E-state index contributed by atoms with van der Waals surface area (Å²) in [6.45, 7) is 1.97. The van der Waals surface area contributed by atoms with Crippen LogP contribution in [-0.2, 0) is 7.05 Å². The van der Waals surface area contributed by atoms with Crippen molar-refractivity contribution in [1.29, 1.82) is 0 Å². The lowest BCUT2D eigenvalue weighted by molar-refractivity contribution is 0.107. The minimum Gasteiger partial charge on any atom is -0.275 e. The predicted molar refractivity (Wildman–Crippen MR) is 87.0 cm³/mol. The molecule has 2 heterocycles. The summed E-state index contributed by atoms with van der Waals surface area (Å²) in [5.74, 6) is 0. The molecule has 3 rings (SSSR count). The molecule has 0 unspecified atom stereocenters. The van der Waals surface area contributed by atoms with E-state index in [4.69, 9.17) is 11.6 Å². The summed E-state index contributed by atoms with van der Waals surface area (Å²) in [4.78, 5) is 24.0. The van der Waals surface area contributed by atoms with E-state index in [1.807, 2.05) is 31.2 Å². The third kappa shape index (κ3) is 2.93. The molecular formula is C16H13ClN4O2. The summed E-state index contributed by atoms with van der Waals surface area (Å²) in [6, 6.07) is 9.02. The summed E-state index contributed by atoms with van der Waals surface area (Å²) >= 11 is 5.56. The number of rotatable bonds is 3. The monoisotopic (exact) mass is 328 g/mol. The Hall–Kier alpha value is -2.73. The van der Waals surface area contributed by atoms with Crippen molar-refractivity contribution in [3.8, 4) is 16.9 Å². The van der Waals surface area contributed by atoms with E-state index >= 15 is 0 Å². The van der Waals surface area contributed by atoms with Crippen molar-refractivity contribution >= 4 is 16.8 Å². The van der Waals surface area contributed by atoms with Crippen molar-refractivity contribution < 1.29 is 4.79 Å². The molecule has 0 aliphatic carbocycles. The van der Waals surface area contributed by atoms with Gasteiger partial charge in [0.05, 0.1) is 18.1 Å². The average Bonchev–Trinajstić information content (AvgIpc) is 2.94. The number of benzene rings is 1. The number of aromatic nitrogens is 4. The standard InChI is InChI=1S/C16H13ClN4O2/c1-10-3-5-11(6-4-10)14-7-13(15(17)22)16(23)21(19-14)12-8-18-20(2)9-12/h3-9H,1-2H3. The maximum absolute atomic E-state index is 12.4. The maximum atomic E-state index is 12.4. The molecule has 0 aliphatic heterocycles. The Kier molecular flexibility index (Phi) is 3.83. The van der Waals surface area contributed by atoms with Gasteiger partial charge in [-0.05, 0) is 24.6 Å². The van der Waals surface area contributed by atoms with Crippen LogP contribution in [0.4, 0.5) is 0 Å². The van der Waals surface area contributed by atoms with Crippen LogP contribution < -0.4 is 5.56 Å². The van der Waals surface area contributed by atoms with E-state index in [1.165, 1.54) is 12.3 Å². The second kappa shape index (κ2) is 5.81. The SMILES string of the molecule is Cc1ccc(-c2cc(C(=O)Cl)c(=O)n(-c3cnn(C)c3)n2)cc1. The van der Waals surface area contributed by atoms with Crippen LogP contribution in [0, 0.1) is 6.92 Å². The molecule has 23 heavy (non-hydrogen) atoms. The molecule has 116 valence electrons. The van der Waals surface area contributed by atoms with Gasteiger partial charge >= 0.3 is 0 Å². The lowest BCUT2D eigenvalue weighted by atomic mass is 10.1. The molecule has 0 radical (unpaired) electrons. The summed E-state index contributed by atoms with van der Waals surface area (Å²) in [6.07, 6.45) is 3.13. The Balaban J connectivity index is 2.25. The molecule has 0 amide bonds. The zero-order valence-corrected chi connectivity index (χ0v) is 13.3. The van der Waals surface area contributed by atoms with E-state index in [0.29, 0.717) is 11.4 Å². The molecule has 0 N–H and O–H groups in total. The quantitative estimate of drug-likeness (QED) is 0.692. The molecule has 7 heteroatoms. The van der Waals surface area contributed by atoms with Gasteiger partial charge in [0.2, 0.25) is 0 Å².